The third-order valence-corrected chi connectivity index (χ3v) is 5.04. The van der Waals surface area contributed by atoms with Crippen LogP contribution >= 0.6 is 15.9 Å². The van der Waals surface area contributed by atoms with Gasteiger partial charge in [0, 0.05) is 28.7 Å². The average molecular weight is 356 g/mol. The maximum atomic E-state index is 6.24. The molecule has 0 saturated carbocycles. The van der Waals surface area contributed by atoms with E-state index in [1.165, 1.54) is 22.3 Å². The first-order valence-corrected chi connectivity index (χ1v) is 8.49. The van der Waals surface area contributed by atoms with Crippen molar-refractivity contribution in [2.45, 2.75) is 12.8 Å². The Balaban J connectivity index is 1.98. The molecule has 0 N–H and O–H groups in total. The molecule has 22 heavy (non-hydrogen) atoms. The minimum atomic E-state index is 0.963. The Morgan fingerprint density at radius 1 is 0.909 bits per heavy atom. The molecule has 2 aliphatic rings. The van der Waals surface area contributed by atoms with Crippen molar-refractivity contribution in [1.82, 2.24) is 4.90 Å². The lowest BCUT2D eigenvalue weighted by Gasteiger charge is -2.15. The van der Waals surface area contributed by atoms with E-state index in [0.717, 1.165) is 41.9 Å². The van der Waals surface area contributed by atoms with Crippen molar-refractivity contribution in [2.75, 3.05) is 20.1 Å². The smallest absolute Gasteiger partial charge is 0.135 e. The minimum absolute atomic E-state index is 0.963. The zero-order valence-corrected chi connectivity index (χ0v) is 14.2. The highest BCUT2D eigenvalue weighted by Gasteiger charge is 2.25. The van der Waals surface area contributed by atoms with Gasteiger partial charge in [0.1, 0.15) is 11.5 Å². The van der Waals surface area contributed by atoms with Crippen LogP contribution in [0.25, 0.3) is 11.1 Å². The minimum Gasteiger partial charge on any atom is -0.456 e. The van der Waals surface area contributed by atoms with Crippen molar-refractivity contribution in [1.29, 1.82) is 0 Å². The fraction of sp³-hybridized carbons (Fsp3) is 0.263. The van der Waals surface area contributed by atoms with Crippen molar-refractivity contribution in [2.24, 2.45) is 0 Å². The SMILES string of the molecule is CN1CCC2=C(CC1)c1cc(Br)ccc1Oc1ccccc12. The molecule has 4 rings (SSSR count). The standard InChI is InChI=1S/C19H18BrNO/c1-21-10-8-14-15(9-11-21)17-12-13(20)6-7-19(17)22-18-5-3-2-4-16(14)18/h2-7,12H,8-11H2,1H3. The number of hydrogen-bond acceptors (Lipinski definition) is 2. The Kier molecular flexibility index (Phi) is 3.55. The van der Waals surface area contributed by atoms with Gasteiger partial charge in [-0.05, 0) is 55.3 Å². The van der Waals surface area contributed by atoms with Crippen LogP contribution in [0.15, 0.2) is 46.9 Å². The molecule has 0 fully saturated rings. The summed E-state index contributed by atoms with van der Waals surface area (Å²) in [6, 6.07) is 14.7. The lowest BCUT2D eigenvalue weighted by molar-refractivity contribution is 0.356. The number of fused-ring (bicyclic) bond motifs is 4. The van der Waals surface area contributed by atoms with E-state index in [9.17, 15) is 0 Å². The summed E-state index contributed by atoms with van der Waals surface area (Å²) in [5.41, 5.74) is 5.36. The molecule has 0 atom stereocenters. The second kappa shape index (κ2) is 5.56. The van der Waals surface area contributed by atoms with Crippen LogP contribution in [0.3, 0.4) is 0 Å². The first kappa shape index (κ1) is 14.0. The van der Waals surface area contributed by atoms with Crippen molar-refractivity contribution in [3.05, 3.63) is 58.1 Å². The average Bonchev–Trinajstić information content (AvgIpc) is 2.78. The molecule has 0 spiro atoms. The lowest BCUT2D eigenvalue weighted by atomic mass is 9.91. The van der Waals surface area contributed by atoms with Gasteiger partial charge in [0.05, 0.1) is 0 Å². The van der Waals surface area contributed by atoms with E-state index in [-0.39, 0.29) is 0 Å². The Hall–Kier alpha value is -1.58. The number of hydrogen-bond donors (Lipinski definition) is 0. The second-order valence-electron chi connectivity index (χ2n) is 6.00. The predicted molar refractivity (Wildman–Crippen MR) is 94.2 cm³/mol. The van der Waals surface area contributed by atoms with Crippen LogP contribution in [-0.2, 0) is 0 Å². The quantitative estimate of drug-likeness (QED) is 0.644. The topological polar surface area (TPSA) is 12.5 Å². The van der Waals surface area contributed by atoms with Gasteiger partial charge in [-0.1, -0.05) is 34.1 Å². The summed E-state index contributed by atoms with van der Waals surface area (Å²) in [5.74, 6) is 1.94. The fourth-order valence-corrected chi connectivity index (χ4v) is 3.72. The number of para-hydroxylation sites is 1. The fourth-order valence-electron chi connectivity index (χ4n) is 3.36. The highest BCUT2D eigenvalue weighted by atomic mass is 79.9. The van der Waals surface area contributed by atoms with E-state index in [2.05, 4.69) is 64.3 Å². The molecular weight excluding hydrogens is 338 g/mol. The number of benzene rings is 2. The van der Waals surface area contributed by atoms with Crippen LogP contribution in [0.1, 0.15) is 24.0 Å². The molecule has 2 heterocycles. The van der Waals surface area contributed by atoms with Gasteiger partial charge in [0.15, 0.2) is 0 Å². The molecule has 2 aromatic rings. The maximum Gasteiger partial charge on any atom is 0.135 e. The van der Waals surface area contributed by atoms with Crippen LogP contribution in [-0.4, -0.2) is 25.0 Å². The highest BCUT2D eigenvalue weighted by Crippen LogP contribution is 2.46. The van der Waals surface area contributed by atoms with E-state index in [1.807, 2.05) is 6.07 Å². The molecular formula is C19H18BrNO. The van der Waals surface area contributed by atoms with E-state index >= 15 is 0 Å². The third kappa shape index (κ3) is 2.38. The van der Waals surface area contributed by atoms with Gasteiger partial charge in [-0.15, -0.1) is 0 Å². The molecule has 0 amide bonds. The molecule has 112 valence electrons. The first-order valence-electron chi connectivity index (χ1n) is 7.70. The van der Waals surface area contributed by atoms with Gasteiger partial charge in [-0.3, -0.25) is 0 Å². The molecule has 0 unspecified atom stereocenters. The Bertz CT molecular complexity index is 766. The van der Waals surface area contributed by atoms with Gasteiger partial charge >= 0.3 is 0 Å². The van der Waals surface area contributed by atoms with Gasteiger partial charge in [-0.25, -0.2) is 0 Å². The molecule has 2 nitrogen and oxygen atoms in total. The van der Waals surface area contributed by atoms with E-state index in [4.69, 9.17) is 4.74 Å². The van der Waals surface area contributed by atoms with Gasteiger partial charge in [0.2, 0.25) is 0 Å². The largest absolute Gasteiger partial charge is 0.456 e. The highest BCUT2D eigenvalue weighted by molar-refractivity contribution is 9.10. The summed E-state index contributed by atoms with van der Waals surface area (Å²) in [6.07, 6.45) is 2.13. The van der Waals surface area contributed by atoms with Crippen molar-refractivity contribution in [3.63, 3.8) is 0 Å². The maximum absolute atomic E-state index is 6.24. The summed E-state index contributed by atoms with van der Waals surface area (Å²) >= 11 is 3.61. The molecule has 0 aromatic heterocycles. The Morgan fingerprint density at radius 2 is 1.59 bits per heavy atom. The zero-order valence-electron chi connectivity index (χ0n) is 12.6. The molecule has 0 bridgehead atoms. The summed E-state index contributed by atoms with van der Waals surface area (Å²) in [7, 11) is 2.20. The molecule has 0 radical (unpaired) electrons. The van der Waals surface area contributed by atoms with E-state index in [0.29, 0.717) is 0 Å². The van der Waals surface area contributed by atoms with Gasteiger partial charge in [-0.2, -0.15) is 0 Å². The molecule has 0 saturated heterocycles. The lowest BCUT2D eigenvalue weighted by Crippen LogP contribution is -2.19. The molecule has 2 aliphatic heterocycles. The number of halogens is 1. The third-order valence-electron chi connectivity index (χ3n) is 4.55. The second-order valence-corrected chi connectivity index (χ2v) is 6.91. The van der Waals surface area contributed by atoms with Gasteiger partial charge < -0.3 is 9.64 Å². The monoisotopic (exact) mass is 355 g/mol. The van der Waals surface area contributed by atoms with Crippen molar-refractivity contribution >= 4 is 27.1 Å². The van der Waals surface area contributed by atoms with Gasteiger partial charge in [0.25, 0.3) is 0 Å². The number of nitrogens with zero attached hydrogens (tertiary/aromatic N) is 1. The molecule has 3 heteroatoms. The summed E-state index contributed by atoms with van der Waals surface area (Å²) in [6.45, 7) is 2.18. The normalized spacial score (nSPS) is 17.7. The molecule has 0 aliphatic carbocycles. The number of rotatable bonds is 0. The van der Waals surface area contributed by atoms with Crippen LogP contribution in [0.2, 0.25) is 0 Å². The van der Waals surface area contributed by atoms with E-state index in [1.54, 1.807) is 0 Å². The van der Waals surface area contributed by atoms with Crippen LogP contribution in [0, 0.1) is 0 Å². The summed E-state index contributed by atoms with van der Waals surface area (Å²) in [5, 5.41) is 0. The van der Waals surface area contributed by atoms with Crippen LogP contribution in [0.5, 0.6) is 11.5 Å². The predicted octanol–water partition coefficient (Wildman–Crippen LogP) is 5.19. The van der Waals surface area contributed by atoms with Crippen LogP contribution < -0.4 is 4.74 Å². The Morgan fingerprint density at radius 3 is 2.41 bits per heavy atom. The Labute approximate surface area is 139 Å². The summed E-state index contributed by atoms with van der Waals surface area (Å²) in [4.78, 5) is 2.41. The van der Waals surface area contributed by atoms with Crippen molar-refractivity contribution in [3.8, 4) is 11.5 Å². The van der Waals surface area contributed by atoms with E-state index < -0.39 is 0 Å². The first-order chi connectivity index (χ1) is 10.7. The number of ether oxygens (including phenoxy) is 1. The zero-order chi connectivity index (χ0) is 15.1. The van der Waals surface area contributed by atoms with Crippen molar-refractivity contribution < 1.29 is 4.74 Å². The molecule has 2 aromatic carbocycles. The van der Waals surface area contributed by atoms with Crippen LogP contribution in [0.4, 0.5) is 0 Å². The summed E-state index contributed by atoms with van der Waals surface area (Å²) < 4.78 is 7.34.